The summed E-state index contributed by atoms with van der Waals surface area (Å²) >= 11 is 0. The summed E-state index contributed by atoms with van der Waals surface area (Å²) in [7, 11) is 0. The molecule has 2 aliphatic heterocycles. The molecule has 1 aromatic rings. The van der Waals surface area contributed by atoms with Crippen molar-refractivity contribution in [3.8, 4) is 0 Å². The first kappa shape index (κ1) is 15.2. The lowest BCUT2D eigenvalue weighted by Crippen LogP contribution is -2.32. The standard InChI is InChI=1S/C18H24N2O2/c1-2-3-17(21)20-11-8-14-12-15(4-5-16(14)20)18(22)13-6-9-19-10-7-13/h4-5,12-13,19H,2-3,6-11H2,1H3. The molecule has 1 amide bonds. The number of amides is 1. The topological polar surface area (TPSA) is 49.4 Å². The summed E-state index contributed by atoms with van der Waals surface area (Å²) in [5.41, 5.74) is 2.96. The van der Waals surface area contributed by atoms with Crippen LogP contribution in [0.25, 0.3) is 0 Å². The Kier molecular flexibility index (Phi) is 4.57. The molecule has 3 rings (SSSR count). The van der Waals surface area contributed by atoms with E-state index in [9.17, 15) is 9.59 Å². The van der Waals surface area contributed by atoms with Gasteiger partial charge in [0.2, 0.25) is 5.91 Å². The molecular weight excluding hydrogens is 276 g/mol. The van der Waals surface area contributed by atoms with Crippen LogP contribution in [-0.4, -0.2) is 31.3 Å². The van der Waals surface area contributed by atoms with Crippen molar-refractivity contribution in [2.45, 2.75) is 39.0 Å². The van der Waals surface area contributed by atoms with E-state index in [0.29, 0.717) is 6.42 Å². The first-order valence-electron chi connectivity index (χ1n) is 8.39. The average Bonchev–Trinajstić information content (AvgIpc) is 2.98. The van der Waals surface area contributed by atoms with Gasteiger partial charge >= 0.3 is 0 Å². The Hall–Kier alpha value is -1.68. The number of hydrogen-bond acceptors (Lipinski definition) is 3. The number of benzene rings is 1. The first-order chi connectivity index (χ1) is 10.7. The van der Waals surface area contributed by atoms with E-state index in [1.54, 1.807) is 0 Å². The van der Waals surface area contributed by atoms with Gasteiger partial charge in [0.15, 0.2) is 5.78 Å². The molecule has 4 nitrogen and oxygen atoms in total. The van der Waals surface area contributed by atoms with Crippen LogP contribution in [0.1, 0.15) is 48.5 Å². The van der Waals surface area contributed by atoms with Gasteiger partial charge in [-0.1, -0.05) is 6.92 Å². The number of anilines is 1. The van der Waals surface area contributed by atoms with Gasteiger partial charge in [-0.25, -0.2) is 0 Å². The minimum absolute atomic E-state index is 0.151. The van der Waals surface area contributed by atoms with Gasteiger partial charge in [-0.3, -0.25) is 9.59 Å². The molecule has 1 N–H and O–H groups in total. The van der Waals surface area contributed by atoms with Crippen LogP contribution in [0.3, 0.4) is 0 Å². The van der Waals surface area contributed by atoms with E-state index >= 15 is 0 Å². The molecule has 1 aromatic carbocycles. The second kappa shape index (κ2) is 6.61. The van der Waals surface area contributed by atoms with E-state index in [1.807, 2.05) is 30.0 Å². The van der Waals surface area contributed by atoms with Gasteiger partial charge in [0.25, 0.3) is 0 Å². The summed E-state index contributed by atoms with van der Waals surface area (Å²) in [6.45, 7) is 4.64. The number of hydrogen-bond donors (Lipinski definition) is 1. The molecular formula is C18H24N2O2. The van der Waals surface area contributed by atoms with E-state index in [-0.39, 0.29) is 17.6 Å². The van der Waals surface area contributed by atoms with E-state index in [1.165, 1.54) is 0 Å². The summed E-state index contributed by atoms with van der Waals surface area (Å²) in [5.74, 6) is 0.611. The van der Waals surface area contributed by atoms with E-state index in [0.717, 1.165) is 62.1 Å². The number of nitrogens with one attached hydrogen (secondary N) is 1. The van der Waals surface area contributed by atoms with Crippen LogP contribution in [-0.2, 0) is 11.2 Å². The van der Waals surface area contributed by atoms with Crippen molar-refractivity contribution in [1.82, 2.24) is 5.32 Å². The van der Waals surface area contributed by atoms with Crippen LogP contribution in [0.5, 0.6) is 0 Å². The number of nitrogens with zero attached hydrogens (tertiary/aromatic N) is 1. The molecule has 0 radical (unpaired) electrons. The highest BCUT2D eigenvalue weighted by Crippen LogP contribution is 2.31. The highest BCUT2D eigenvalue weighted by atomic mass is 16.2. The maximum atomic E-state index is 12.6. The van der Waals surface area contributed by atoms with Crippen LogP contribution >= 0.6 is 0 Å². The molecule has 1 saturated heterocycles. The third-order valence-corrected chi connectivity index (χ3v) is 4.73. The summed E-state index contributed by atoms with van der Waals surface area (Å²) in [5, 5.41) is 3.30. The fraction of sp³-hybridized carbons (Fsp3) is 0.556. The van der Waals surface area contributed by atoms with Gasteiger partial charge in [-0.05, 0) is 62.5 Å². The molecule has 0 saturated carbocycles. The number of carbonyl (C=O) groups excluding carboxylic acids is 2. The maximum Gasteiger partial charge on any atom is 0.226 e. The van der Waals surface area contributed by atoms with Crippen molar-refractivity contribution < 1.29 is 9.59 Å². The van der Waals surface area contributed by atoms with Gasteiger partial charge in [0.05, 0.1) is 0 Å². The van der Waals surface area contributed by atoms with Crippen LogP contribution in [0, 0.1) is 5.92 Å². The quantitative estimate of drug-likeness (QED) is 0.869. The second-order valence-electron chi connectivity index (χ2n) is 6.28. The van der Waals surface area contributed by atoms with Crippen LogP contribution in [0.2, 0.25) is 0 Å². The van der Waals surface area contributed by atoms with Gasteiger partial charge in [-0.15, -0.1) is 0 Å². The molecule has 0 aromatic heterocycles. The number of rotatable bonds is 4. The normalized spacial score (nSPS) is 18.3. The monoisotopic (exact) mass is 300 g/mol. The molecule has 22 heavy (non-hydrogen) atoms. The number of fused-ring (bicyclic) bond motifs is 1. The van der Waals surface area contributed by atoms with Gasteiger partial charge < -0.3 is 10.2 Å². The highest BCUT2D eigenvalue weighted by Gasteiger charge is 2.27. The predicted octanol–water partition coefficient (Wildman–Crippen LogP) is 2.56. The third-order valence-electron chi connectivity index (χ3n) is 4.73. The van der Waals surface area contributed by atoms with Crippen molar-refractivity contribution >= 4 is 17.4 Å². The summed E-state index contributed by atoms with van der Waals surface area (Å²) in [6.07, 6.45) is 4.18. The lowest BCUT2D eigenvalue weighted by atomic mass is 9.89. The molecule has 0 aliphatic carbocycles. The fourth-order valence-corrected chi connectivity index (χ4v) is 3.48. The summed E-state index contributed by atoms with van der Waals surface area (Å²) in [4.78, 5) is 26.6. The zero-order valence-electron chi connectivity index (χ0n) is 13.2. The zero-order valence-corrected chi connectivity index (χ0v) is 13.2. The number of piperidine rings is 1. The average molecular weight is 300 g/mol. The van der Waals surface area contributed by atoms with Crippen molar-refractivity contribution in [2.75, 3.05) is 24.5 Å². The Labute approximate surface area is 131 Å². The molecule has 0 bridgehead atoms. The Bertz CT molecular complexity index is 576. The van der Waals surface area contributed by atoms with Crippen molar-refractivity contribution in [3.63, 3.8) is 0 Å². The minimum atomic E-state index is 0.151. The molecule has 1 fully saturated rings. The molecule has 2 aliphatic rings. The lowest BCUT2D eigenvalue weighted by Gasteiger charge is -2.22. The van der Waals surface area contributed by atoms with Crippen molar-refractivity contribution in [3.05, 3.63) is 29.3 Å². The van der Waals surface area contributed by atoms with Crippen molar-refractivity contribution in [2.24, 2.45) is 5.92 Å². The van der Waals surface area contributed by atoms with E-state index < -0.39 is 0 Å². The van der Waals surface area contributed by atoms with E-state index in [4.69, 9.17) is 0 Å². The van der Waals surface area contributed by atoms with E-state index in [2.05, 4.69) is 5.32 Å². The number of carbonyl (C=O) groups is 2. The Balaban J connectivity index is 1.77. The molecule has 0 unspecified atom stereocenters. The van der Waals surface area contributed by atoms with Gasteiger partial charge in [0, 0.05) is 30.1 Å². The second-order valence-corrected chi connectivity index (χ2v) is 6.28. The van der Waals surface area contributed by atoms with Crippen LogP contribution < -0.4 is 10.2 Å². The van der Waals surface area contributed by atoms with Crippen molar-refractivity contribution in [1.29, 1.82) is 0 Å². The Morgan fingerprint density at radius 3 is 2.77 bits per heavy atom. The van der Waals surface area contributed by atoms with Crippen LogP contribution in [0.15, 0.2) is 18.2 Å². The fourth-order valence-electron chi connectivity index (χ4n) is 3.48. The van der Waals surface area contributed by atoms with Gasteiger partial charge in [-0.2, -0.15) is 0 Å². The maximum absolute atomic E-state index is 12.6. The molecule has 0 spiro atoms. The molecule has 0 atom stereocenters. The SMILES string of the molecule is CCCC(=O)N1CCc2cc(C(=O)C3CCNCC3)ccc21. The molecule has 2 heterocycles. The van der Waals surface area contributed by atoms with Crippen LogP contribution in [0.4, 0.5) is 5.69 Å². The summed E-state index contributed by atoms with van der Waals surface area (Å²) in [6, 6.07) is 5.88. The Morgan fingerprint density at radius 1 is 1.27 bits per heavy atom. The smallest absolute Gasteiger partial charge is 0.226 e. The minimum Gasteiger partial charge on any atom is -0.317 e. The Morgan fingerprint density at radius 2 is 2.05 bits per heavy atom. The predicted molar refractivity (Wildman–Crippen MR) is 87.3 cm³/mol. The lowest BCUT2D eigenvalue weighted by molar-refractivity contribution is -0.118. The zero-order chi connectivity index (χ0) is 15.5. The molecule has 4 heteroatoms. The highest BCUT2D eigenvalue weighted by molar-refractivity contribution is 6.00. The summed E-state index contributed by atoms with van der Waals surface area (Å²) < 4.78 is 0. The van der Waals surface area contributed by atoms with Gasteiger partial charge in [0.1, 0.15) is 0 Å². The number of ketones is 1. The number of Topliss-reactive ketones (excluding diaryl/α,β-unsaturated/α-hetero) is 1. The molecule has 118 valence electrons. The first-order valence-corrected chi connectivity index (χ1v) is 8.39. The third kappa shape index (κ3) is 2.93. The largest absolute Gasteiger partial charge is 0.317 e.